The molecule has 0 aromatic carbocycles. The van der Waals surface area contributed by atoms with E-state index in [-0.39, 0.29) is 11.9 Å². The molecule has 138 valence electrons. The van der Waals surface area contributed by atoms with Crippen molar-refractivity contribution in [2.75, 3.05) is 24.5 Å². The second-order valence-electron chi connectivity index (χ2n) is 6.98. The van der Waals surface area contributed by atoms with Crippen molar-refractivity contribution in [3.8, 4) is 11.4 Å². The molecule has 1 amide bonds. The Hall–Kier alpha value is -2.48. The molecule has 0 unspecified atom stereocenters. The van der Waals surface area contributed by atoms with Crippen molar-refractivity contribution in [1.29, 1.82) is 0 Å². The standard InChI is InChI=1S/C18H23N5O3/c1-12(24)23-11-14(25)10-15(23)18-20-17(21-26-18)13-5-6-19-16(9-13)22-7-3-2-4-8-22/h5-6,9,14-15,25H,2-4,7-8,10-11H2,1H3/t14-,15-/m0/s1. The highest BCUT2D eigenvalue weighted by Gasteiger charge is 2.37. The van der Waals surface area contributed by atoms with Gasteiger partial charge in [0.2, 0.25) is 17.6 Å². The SMILES string of the molecule is CC(=O)N1C[C@@H](O)C[C@H]1c1nc(-c2ccnc(N3CCCCC3)c2)no1. The van der Waals surface area contributed by atoms with E-state index in [1.165, 1.54) is 26.2 Å². The first kappa shape index (κ1) is 17.0. The molecule has 26 heavy (non-hydrogen) atoms. The third-order valence-electron chi connectivity index (χ3n) is 5.09. The summed E-state index contributed by atoms with van der Waals surface area (Å²) in [6.45, 7) is 3.81. The van der Waals surface area contributed by atoms with Gasteiger partial charge in [-0.2, -0.15) is 4.98 Å². The molecular formula is C18H23N5O3. The van der Waals surface area contributed by atoms with Gasteiger partial charge in [-0.3, -0.25) is 4.79 Å². The summed E-state index contributed by atoms with van der Waals surface area (Å²) in [5.41, 5.74) is 0.837. The predicted molar refractivity (Wildman–Crippen MR) is 94.3 cm³/mol. The molecule has 8 nitrogen and oxygen atoms in total. The molecule has 2 aromatic rings. The van der Waals surface area contributed by atoms with E-state index in [0.29, 0.717) is 24.7 Å². The topological polar surface area (TPSA) is 95.6 Å². The van der Waals surface area contributed by atoms with Crippen LogP contribution in [0.15, 0.2) is 22.9 Å². The van der Waals surface area contributed by atoms with E-state index >= 15 is 0 Å². The van der Waals surface area contributed by atoms with E-state index in [1.54, 1.807) is 11.1 Å². The van der Waals surface area contributed by atoms with Crippen LogP contribution in [0.1, 0.15) is 44.5 Å². The molecule has 1 N–H and O–H groups in total. The number of β-amino-alcohol motifs (C(OH)–C–C–N with tert-alkyl or cyclic N) is 1. The van der Waals surface area contributed by atoms with Crippen LogP contribution in [0.3, 0.4) is 0 Å². The normalized spacial score (nSPS) is 23.5. The molecule has 2 aliphatic rings. The van der Waals surface area contributed by atoms with E-state index < -0.39 is 6.10 Å². The minimum atomic E-state index is -0.564. The third-order valence-corrected chi connectivity index (χ3v) is 5.09. The number of piperidine rings is 1. The van der Waals surface area contributed by atoms with Crippen molar-refractivity contribution < 1.29 is 14.4 Å². The largest absolute Gasteiger partial charge is 0.391 e. The lowest BCUT2D eigenvalue weighted by Gasteiger charge is -2.27. The Labute approximate surface area is 151 Å². The molecule has 2 atom stereocenters. The number of nitrogens with zero attached hydrogens (tertiary/aromatic N) is 5. The average Bonchev–Trinajstić information content (AvgIpc) is 3.29. The first-order valence-electron chi connectivity index (χ1n) is 9.12. The lowest BCUT2D eigenvalue weighted by molar-refractivity contribution is -0.130. The van der Waals surface area contributed by atoms with Gasteiger partial charge >= 0.3 is 0 Å². The summed E-state index contributed by atoms with van der Waals surface area (Å²) >= 11 is 0. The van der Waals surface area contributed by atoms with E-state index in [2.05, 4.69) is 20.0 Å². The molecule has 0 bridgehead atoms. The zero-order chi connectivity index (χ0) is 18.1. The van der Waals surface area contributed by atoms with Gasteiger partial charge in [0.15, 0.2) is 0 Å². The minimum absolute atomic E-state index is 0.109. The number of amides is 1. The predicted octanol–water partition coefficient (Wildman–Crippen LogP) is 1.78. The monoisotopic (exact) mass is 357 g/mol. The van der Waals surface area contributed by atoms with Crippen molar-refractivity contribution >= 4 is 11.7 Å². The Kier molecular flexibility index (Phi) is 4.58. The molecule has 2 aliphatic heterocycles. The van der Waals surface area contributed by atoms with Gasteiger partial charge in [-0.05, 0) is 31.4 Å². The number of carbonyl (C=O) groups excluding carboxylic acids is 1. The molecular weight excluding hydrogens is 334 g/mol. The number of pyridine rings is 1. The average molecular weight is 357 g/mol. The van der Waals surface area contributed by atoms with E-state index in [1.807, 2.05) is 12.1 Å². The Balaban J connectivity index is 1.57. The number of hydrogen-bond donors (Lipinski definition) is 1. The number of aliphatic hydroxyl groups excluding tert-OH is 1. The van der Waals surface area contributed by atoms with Crippen LogP contribution in [-0.4, -0.2) is 56.8 Å². The van der Waals surface area contributed by atoms with Gasteiger partial charge in [0.1, 0.15) is 11.9 Å². The fourth-order valence-corrected chi connectivity index (χ4v) is 3.74. The summed E-state index contributed by atoms with van der Waals surface area (Å²) in [7, 11) is 0. The maximum atomic E-state index is 11.8. The number of aliphatic hydroxyl groups is 1. The smallest absolute Gasteiger partial charge is 0.249 e. The number of carbonyl (C=O) groups is 1. The van der Waals surface area contributed by atoms with Gasteiger partial charge in [-0.1, -0.05) is 5.16 Å². The number of likely N-dealkylation sites (tertiary alicyclic amines) is 1. The number of aromatic nitrogens is 3. The fourth-order valence-electron chi connectivity index (χ4n) is 3.74. The minimum Gasteiger partial charge on any atom is -0.391 e. The summed E-state index contributed by atoms with van der Waals surface area (Å²) in [5, 5.41) is 14.0. The third kappa shape index (κ3) is 3.29. The molecule has 2 fully saturated rings. The number of anilines is 1. The molecule has 4 rings (SSSR count). The Morgan fingerprint density at radius 1 is 1.31 bits per heavy atom. The summed E-state index contributed by atoms with van der Waals surface area (Å²) in [6.07, 6.45) is 5.25. The van der Waals surface area contributed by atoms with Crippen LogP contribution in [0.4, 0.5) is 5.82 Å². The van der Waals surface area contributed by atoms with Crippen LogP contribution in [0, 0.1) is 0 Å². The van der Waals surface area contributed by atoms with Gasteiger partial charge in [-0.15, -0.1) is 0 Å². The Morgan fingerprint density at radius 3 is 2.88 bits per heavy atom. The molecule has 0 radical (unpaired) electrons. The summed E-state index contributed by atoms with van der Waals surface area (Å²) in [6, 6.07) is 3.47. The highest BCUT2D eigenvalue weighted by atomic mass is 16.5. The summed E-state index contributed by atoms with van der Waals surface area (Å²) in [4.78, 5) is 24.6. The number of hydrogen-bond acceptors (Lipinski definition) is 7. The van der Waals surface area contributed by atoms with Crippen LogP contribution in [0.5, 0.6) is 0 Å². The zero-order valence-electron chi connectivity index (χ0n) is 14.8. The number of rotatable bonds is 3. The quantitative estimate of drug-likeness (QED) is 0.894. The first-order valence-corrected chi connectivity index (χ1v) is 9.12. The molecule has 2 saturated heterocycles. The highest BCUT2D eigenvalue weighted by molar-refractivity contribution is 5.74. The van der Waals surface area contributed by atoms with Crippen LogP contribution >= 0.6 is 0 Å². The Bertz CT molecular complexity index is 787. The van der Waals surface area contributed by atoms with E-state index in [4.69, 9.17) is 4.52 Å². The second kappa shape index (κ2) is 7.03. The van der Waals surface area contributed by atoms with Gasteiger partial charge < -0.3 is 19.4 Å². The van der Waals surface area contributed by atoms with Crippen molar-refractivity contribution in [3.63, 3.8) is 0 Å². The Morgan fingerprint density at radius 2 is 2.12 bits per heavy atom. The zero-order valence-corrected chi connectivity index (χ0v) is 14.8. The van der Waals surface area contributed by atoms with E-state index in [9.17, 15) is 9.90 Å². The fraction of sp³-hybridized carbons (Fsp3) is 0.556. The van der Waals surface area contributed by atoms with Crippen molar-refractivity contribution in [2.45, 2.75) is 44.8 Å². The maximum Gasteiger partial charge on any atom is 0.249 e. The van der Waals surface area contributed by atoms with Crippen molar-refractivity contribution in [1.82, 2.24) is 20.0 Å². The first-order chi connectivity index (χ1) is 12.6. The van der Waals surface area contributed by atoms with Crippen LogP contribution in [-0.2, 0) is 4.79 Å². The van der Waals surface area contributed by atoms with Gasteiger partial charge in [-0.25, -0.2) is 4.98 Å². The van der Waals surface area contributed by atoms with Crippen LogP contribution in [0.25, 0.3) is 11.4 Å². The lowest BCUT2D eigenvalue weighted by atomic mass is 10.1. The second-order valence-corrected chi connectivity index (χ2v) is 6.98. The van der Waals surface area contributed by atoms with Crippen molar-refractivity contribution in [3.05, 3.63) is 24.2 Å². The molecule has 2 aromatic heterocycles. The molecule has 0 aliphatic carbocycles. The maximum absolute atomic E-state index is 11.8. The lowest BCUT2D eigenvalue weighted by Crippen LogP contribution is -2.30. The van der Waals surface area contributed by atoms with E-state index in [0.717, 1.165) is 24.5 Å². The van der Waals surface area contributed by atoms with Gasteiger partial charge in [0.25, 0.3) is 0 Å². The van der Waals surface area contributed by atoms with Gasteiger partial charge in [0.05, 0.1) is 6.10 Å². The highest BCUT2D eigenvalue weighted by Crippen LogP contribution is 2.32. The van der Waals surface area contributed by atoms with Crippen LogP contribution in [0.2, 0.25) is 0 Å². The molecule has 0 saturated carbocycles. The summed E-state index contributed by atoms with van der Waals surface area (Å²) < 4.78 is 5.42. The molecule has 4 heterocycles. The molecule has 0 spiro atoms. The van der Waals surface area contributed by atoms with Crippen molar-refractivity contribution in [2.24, 2.45) is 0 Å². The van der Waals surface area contributed by atoms with Gasteiger partial charge in [0, 0.05) is 44.7 Å². The summed E-state index contributed by atoms with van der Waals surface area (Å²) in [5.74, 6) is 1.66. The van der Waals surface area contributed by atoms with Crippen LogP contribution < -0.4 is 4.90 Å². The molecule has 8 heteroatoms.